The van der Waals surface area contributed by atoms with Crippen molar-refractivity contribution in [3.8, 4) is 0 Å². The monoisotopic (exact) mass is 494 g/mol. The number of aromatic nitrogens is 2. The maximum absolute atomic E-state index is 11.9. The molecule has 1 N–H and O–H groups in total. The minimum atomic E-state index is -0.244. The molecule has 3 rings (SSSR count). The minimum Gasteiger partial charge on any atom is -0.272 e. The summed E-state index contributed by atoms with van der Waals surface area (Å²) in [5.74, 6) is 0.725. The van der Waals surface area contributed by atoms with Crippen LogP contribution in [0.5, 0.6) is 0 Å². The van der Waals surface area contributed by atoms with Gasteiger partial charge in [0.25, 0.3) is 5.91 Å². The smallest absolute Gasteiger partial charge is 0.250 e. The third-order valence-corrected chi connectivity index (χ3v) is 7.19. The molecule has 154 valence electrons. The van der Waals surface area contributed by atoms with Gasteiger partial charge < -0.3 is 0 Å². The first kappa shape index (κ1) is 22.8. The summed E-state index contributed by atoms with van der Waals surface area (Å²) in [6.07, 6.45) is 3.16. The normalized spacial score (nSPS) is 11.7. The molecule has 0 atom stereocenters. The van der Waals surface area contributed by atoms with E-state index in [0.29, 0.717) is 5.03 Å². The van der Waals surface area contributed by atoms with Gasteiger partial charge in [-0.15, -0.1) is 10.2 Å². The van der Waals surface area contributed by atoms with Gasteiger partial charge in [0.2, 0.25) is 0 Å². The van der Waals surface area contributed by atoms with Crippen molar-refractivity contribution < 1.29 is 4.79 Å². The predicted octanol–water partition coefficient (Wildman–Crippen LogP) is 5.96. The van der Waals surface area contributed by atoms with Gasteiger partial charge in [-0.3, -0.25) is 4.79 Å². The van der Waals surface area contributed by atoms with Crippen molar-refractivity contribution in [2.45, 2.75) is 14.4 Å². The third-order valence-electron chi connectivity index (χ3n) is 3.47. The van der Waals surface area contributed by atoms with Gasteiger partial charge in [-0.25, -0.2) is 5.43 Å². The quantitative estimate of drug-likeness (QED) is 0.226. The molecule has 0 fully saturated rings. The molecular weight excluding hydrogens is 479 g/mol. The zero-order valence-corrected chi connectivity index (χ0v) is 19.5. The highest BCUT2D eigenvalue weighted by molar-refractivity contribution is 8.03. The maximum Gasteiger partial charge on any atom is 0.250 e. The number of hydrogen-bond acceptors (Lipinski definition) is 7. The van der Waals surface area contributed by atoms with Crippen LogP contribution in [0, 0.1) is 0 Å². The van der Waals surface area contributed by atoms with Crippen LogP contribution in [-0.4, -0.2) is 28.1 Å². The predicted molar refractivity (Wildman–Crippen MR) is 129 cm³/mol. The number of hydrazone groups is 1. The molecule has 10 heteroatoms. The van der Waals surface area contributed by atoms with Crippen LogP contribution in [0.2, 0.25) is 5.02 Å². The average Bonchev–Trinajstić information content (AvgIpc) is 3.20. The maximum atomic E-state index is 11.9. The summed E-state index contributed by atoms with van der Waals surface area (Å²) < 4.78 is 1.58. The Balaban J connectivity index is 1.39. The van der Waals surface area contributed by atoms with E-state index in [1.54, 1.807) is 17.8 Å². The molecular formula is C20H16Cl2N4OS3. The Morgan fingerprint density at radius 3 is 2.50 bits per heavy atom. The van der Waals surface area contributed by atoms with Gasteiger partial charge in [0, 0.05) is 10.8 Å². The molecule has 3 aromatic rings. The molecule has 0 unspecified atom stereocenters. The van der Waals surface area contributed by atoms with E-state index in [9.17, 15) is 4.79 Å². The summed E-state index contributed by atoms with van der Waals surface area (Å²) in [4.78, 5) is 11.9. The topological polar surface area (TPSA) is 67.2 Å². The number of halogens is 2. The van der Waals surface area contributed by atoms with Crippen LogP contribution >= 0.6 is 58.1 Å². The molecule has 0 spiro atoms. The van der Waals surface area contributed by atoms with Crippen LogP contribution in [-0.2, 0) is 10.5 Å². The fourth-order valence-corrected chi connectivity index (χ4v) is 5.18. The van der Waals surface area contributed by atoms with E-state index in [1.807, 2.05) is 54.6 Å². The number of hydrogen-bond donors (Lipinski definition) is 1. The van der Waals surface area contributed by atoms with Gasteiger partial charge in [-0.05, 0) is 29.3 Å². The summed E-state index contributed by atoms with van der Waals surface area (Å²) in [5, 5.41) is 13.3. The van der Waals surface area contributed by atoms with E-state index in [4.69, 9.17) is 23.2 Å². The van der Waals surface area contributed by atoms with Crippen LogP contribution in [0.3, 0.4) is 0 Å². The van der Waals surface area contributed by atoms with Crippen LogP contribution in [0.25, 0.3) is 6.08 Å². The van der Waals surface area contributed by atoms with E-state index >= 15 is 0 Å². The Hall–Kier alpha value is -1.84. The first-order chi connectivity index (χ1) is 14.6. The first-order valence-electron chi connectivity index (χ1n) is 8.66. The SMILES string of the molecule is O=C(CSc1nnc(SCc2ccc(Cl)cc2)s1)NN=CC(Cl)=Cc1ccccc1. The van der Waals surface area contributed by atoms with Crippen molar-refractivity contribution in [2.24, 2.45) is 5.10 Å². The van der Waals surface area contributed by atoms with Gasteiger partial charge in [-0.2, -0.15) is 5.10 Å². The number of nitrogens with one attached hydrogen (secondary N) is 1. The first-order valence-corrected chi connectivity index (χ1v) is 12.2. The Morgan fingerprint density at radius 2 is 1.77 bits per heavy atom. The van der Waals surface area contributed by atoms with E-state index < -0.39 is 0 Å². The number of benzene rings is 2. The Bertz CT molecular complexity index is 1020. The number of allylic oxidation sites excluding steroid dienone is 1. The van der Waals surface area contributed by atoms with E-state index in [-0.39, 0.29) is 11.7 Å². The van der Waals surface area contributed by atoms with Gasteiger partial charge >= 0.3 is 0 Å². The highest BCUT2D eigenvalue weighted by Gasteiger charge is 2.08. The van der Waals surface area contributed by atoms with Crippen LogP contribution in [0.15, 0.2) is 73.4 Å². The molecule has 0 aliphatic carbocycles. The second-order valence-corrected chi connectivity index (χ2v) is 10.1. The second-order valence-electron chi connectivity index (χ2n) is 5.77. The van der Waals surface area contributed by atoms with Crippen LogP contribution in [0.4, 0.5) is 0 Å². The molecule has 0 radical (unpaired) electrons. The lowest BCUT2D eigenvalue weighted by molar-refractivity contribution is -0.118. The van der Waals surface area contributed by atoms with E-state index in [0.717, 1.165) is 30.6 Å². The molecule has 2 aromatic carbocycles. The zero-order valence-electron chi connectivity index (χ0n) is 15.5. The van der Waals surface area contributed by atoms with Crippen molar-refractivity contribution in [1.82, 2.24) is 15.6 Å². The second kappa shape index (κ2) is 12.1. The Labute approximate surface area is 197 Å². The van der Waals surface area contributed by atoms with Crippen LogP contribution < -0.4 is 5.43 Å². The minimum absolute atomic E-state index is 0.188. The molecule has 1 heterocycles. The lowest BCUT2D eigenvalue weighted by Crippen LogP contribution is -2.19. The number of amides is 1. The number of carbonyl (C=O) groups excluding carboxylic acids is 1. The van der Waals surface area contributed by atoms with E-state index in [2.05, 4.69) is 20.7 Å². The van der Waals surface area contributed by atoms with Gasteiger partial charge in [0.15, 0.2) is 8.68 Å². The molecule has 1 aromatic heterocycles. The molecule has 0 saturated carbocycles. The third kappa shape index (κ3) is 8.12. The largest absolute Gasteiger partial charge is 0.272 e. The van der Waals surface area contributed by atoms with Gasteiger partial charge in [-0.1, -0.05) is 101 Å². The lowest BCUT2D eigenvalue weighted by atomic mass is 10.2. The number of carbonyl (C=O) groups is 1. The number of nitrogens with zero attached hydrogens (tertiary/aromatic N) is 3. The summed E-state index contributed by atoms with van der Waals surface area (Å²) in [6, 6.07) is 17.3. The zero-order chi connectivity index (χ0) is 21.2. The molecule has 0 aliphatic heterocycles. The van der Waals surface area contributed by atoms with Crippen molar-refractivity contribution in [3.05, 3.63) is 75.8 Å². The average molecular weight is 495 g/mol. The summed E-state index contributed by atoms with van der Waals surface area (Å²) in [6.45, 7) is 0. The molecule has 0 aliphatic rings. The molecule has 30 heavy (non-hydrogen) atoms. The molecule has 1 amide bonds. The lowest BCUT2D eigenvalue weighted by Gasteiger charge is -1.98. The Morgan fingerprint density at radius 1 is 1.07 bits per heavy atom. The molecule has 0 bridgehead atoms. The van der Waals surface area contributed by atoms with Crippen molar-refractivity contribution >= 4 is 76.3 Å². The molecule has 5 nitrogen and oxygen atoms in total. The fraction of sp³-hybridized carbons (Fsp3) is 0.100. The molecule has 0 saturated heterocycles. The van der Waals surface area contributed by atoms with Crippen molar-refractivity contribution in [1.29, 1.82) is 0 Å². The summed E-state index contributed by atoms with van der Waals surface area (Å²) >= 11 is 16.3. The highest BCUT2D eigenvalue weighted by atomic mass is 35.5. The number of rotatable bonds is 9. The van der Waals surface area contributed by atoms with Crippen molar-refractivity contribution in [2.75, 3.05) is 5.75 Å². The highest BCUT2D eigenvalue weighted by Crippen LogP contribution is 2.30. The van der Waals surface area contributed by atoms with Gasteiger partial charge in [0.05, 0.1) is 17.0 Å². The van der Waals surface area contributed by atoms with E-state index in [1.165, 1.54) is 29.3 Å². The Kier molecular flexibility index (Phi) is 9.23. The standard InChI is InChI=1S/C20H16Cl2N4OS3/c21-16-8-6-15(7-9-16)12-28-19-25-26-20(30-19)29-13-18(27)24-23-11-17(22)10-14-4-2-1-3-5-14/h1-11H,12-13H2,(H,24,27). The van der Waals surface area contributed by atoms with Gasteiger partial charge in [0.1, 0.15) is 0 Å². The summed E-state index contributed by atoms with van der Waals surface area (Å²) in [7, 11) is 0. The fourth-order valence-electron chi connectivity index (χ4n) is 2.11. The summed E-state index contributed by atoms with van der Waals surface area (Å²) in [5.41, 5.74) is 4.57. The van der Waals surface area contributed by atoms with Crippen molar-refractivity contribution in [3.63, 3.8) is 0 Å². The van der Waals surface area contributed by atoms with Crippen LogP contribution in [0.1, 0.15) is 11.1 Å². The number of thioether (sulfide) groups is 2.